The maximum Gasteiger partial charge on any atom is 0.290 e. The molecule has 1 aliphatic heterocycles. The zero-order valence-corrected chi connectivity index (χ0v) is 14.3. The van der Waals surface area contributed by atoms with Crippen LogP contribution >= 0.6 is 0 Å². The molecule has 1 aliphatic rings. The zero-order chi connectivity index (χ0) is 18.8. The Morgan fingerprint density at radius 2 is 1.85 bits per heavy atom. The molecular formula is C18H17N3O5. The summed E-state index contributed by atoms with van der Waals surface area (Å²) < 4.78 is 5.65. The van der Waals surface area contributed by atoms with Crippen LogP contribution in [0.25, 0.3) is 0 Å². The molecule has 1 aromatic heterocycles. The summed E-state index contributed by atoms with van der Waals surface area (Å²) in [5.74, 6) is -0.341. The lowest BCUT2D eigenvalue weighted by Gasteiger charge is -2.18. The van der Waals surface area contributed by atoms with Crippen LogP contribution in [0.2, 0.25) is 0 Å². The van der Waals surface area contributed by atoms with E-state index in [1.807, 2.05) is 0 Å². The van der Waals surface area contributed by atoms with Crippen LogP contribution in [0.5, 0.6) is 5.88 Å². The number of nitrogens with zero attached hydrogens (tertiary/aromatic N) is 3. The van der Waals surface area contributed by atoms with E-state index in [0.717, 1.165) is 6.20 Å². The quantitative estimate of drug-likeness (QED) is 0.448. The number of carbonyl (C=O) groups is 2. The Labute approximate surface area is 149 Å². The molecule has 1 aromatic carbocycles. The number of ether oxygens (including phenoxy) is 1. The van der Waals surface area contributed by atoms with Gasteiger partial charge >= 0.3 is 0 Å². The average molecular weight is 355 g/mol. The van der Waals surface area contributed by atoms with Gasteiger partial charge < -0.3 is 4.74 Å². The molecule has 0 bridgehead atoms. The molecule has 3 rings (SSSR count). The summed E-state index contributed by atoms with van der Waals surface area (Å²) in [7, 11) is 0. The van der Waals surface area contributed by atoms with Crippen LogP contribution in [0, 0.1) is 17.0 Å². The van der Waals surface area contributed by atoms with Crippen molar-refractivity contribution in [2.24, 2.45) is 0 Å². The van der Waals surface area contributed by atoms with E-state index in [9.17, 15) is 19.7 Å². The fraction of sp³-hybridized carbons (Fsp3) is 0.278. The number of rotatable bonds is 6. The van der Waals surface area contributed by atoms with Crippen molar-refractivity contribution in [2.75, 3.05) is 6.54 Å². The molecule has 2 heterocycles. The second kappa shape index (κ2) is 6.91. The summed E-state index contributed by atoms with van der Waals surface area (Å²) >= 11 is 0. The Balaban J connectivity index is 1.61. The third kappa shape index (κ3) is 3.26. The van der Waals surface area contributed by atoms with Crippen molar-refractivity contribution in [3.8, 4) is 5.88 Å². The smallest absolute Gasteiger partial charge is 0.290 e. The third-order valence-electron chi connectivity index (χ3n) is 4.21. The van der Waals surface area contributed by atoms with Crippen LogP contribution in [0.3, 0.4) is 0 Å². The first-order valence-electron chi connectivity index (χ1n) is 8.11. The van der Waals surface area contributed by atoms with Crippen molar-refractivity contribution >= 4 is 17.5 Å². The lowest BCUT2D eigenvalue weighted by molar-refractivity contribution is -0.385. The number of pyridine rings is 1. The largest absolute Gasteiger partial charge is 0.475 e. The number of fused-ring (bicyclic) bond motifs is 1. The number of imide groups is 1. The Bertz CT molecular complexity index is 861. The van der Waals surface area contributed by atoms with Crippen molar-refractivity contribution in [3.63, 3.8) is 0 Å². The van der Waals surface area contributed by atoms with Gasteiger partial charge in [-0.15, -0.1) is 0 Å². The number of hydrogen-bond donors (Lipinski definition) is 0. The molecule has 0 aliphatic carbocycles. The molecule has 26 heavy (non-hydrogen) atoms. The van der Waals surface area contributed by atoms with Crippen LogP contribution in [0.1, 0.15) is 39.6 Å². The number of nitro groups is 1. The first kappa shape index (κ1) is 17.5. The van der Waals surface area contributed by atoms with E-state index in [1.165, 1.54) is 11.0 Å². The molecule has 0 N–H and O–H groups in total. The molecular weight excluding hydrogens is 338 g/mol. The van der Waals surface area contributed by atoms with E-state index in [1.54, 1.807) is 38.1 Å². The van der Waals surface area contributed by atoms with Crippen molar-refractivity contribution in [3.05, 3.63) is 63.3 Å². The highest BCUT2D eigenvalue weighted by Gasteiger charge is 2.34. The first-order valence-corrected chi connectivity index (χ1v) is 8.11. The molecule has 8 nitrogen and oxygen atoms in total. The molecule has 2 aromatic rings. The minimum Gasteiger partial charge on any atom is -0.475 e. The number of benzene rings is 1. The molecule has 0 spiro atoms. The summed E-state index contributed by atoms with van der Waals surface area (Å²) in [6, 6.07) is 8.22. The van der Waals surface area contributed by atoms with Crippen molar-refractivity contribution in [2.45, 2.75) is 26.4 Å². The standard InChI is InChI=1S/C18H17N3O5/c1-11-9-16(19-10-15(11)21(24)25)26-12(2)7-8-20-17(22)13-5-3-4-6-14(13)18(20)23/h3-6,9-10,12H,7-8H2,1-2H3. The summed E-state index contributed by atoms with van der Waals surface area (Å²) in [6.45, 7) is 3.62. The van der Waals surface area contributed by atoms with E-state index in [-0.39, 0.29) is 36.0 Å². The fourth-order valence-corrected chi connectivity index (χ4v) is 2.80. The fourth-order valence-electron chi connectivity index (χ4n) is 2.80. The maximum absolute atomic E-state index is 12.3. The predicted octanol–water partition coefficient (Wildman–Crippen LogP) is 2.75. The Hall–Kier alpha value is -3.29. The van der Waals surface area contributed by atoms with Crippen LogP contribution in [0.15, 0.2) is 36.5 Å². The second-order valence-electron chi connectivity index (χ2n) is 6.09. The molecule has 0 radical (unpaired) electrons. The van der Waals surface area contributed by atoms with Gasteiger partial charge in [0.2, 0.25) is 5.88 Å². The highest BCUT2D eigenvalue weighted by Crippen LogP contribution is 2.24. The normalized spacial score (nSPS) is 14.3. The first-order chi connectivity index (χ1) is 12.4. The Kier molecular flexibility index (Phi) is 4.66. The van der Waals surface area contributed by atoms with E-state index in [2.05, 4.69) is 4.98 Å². The van der Waals surface area contributed by atoms with Gasteiger partial charge in [0.15, 0.2) is 0 Å². The number of hydrogen-bond acceptors (Lipinski definition) is 6. The van der Waals surface area contributed by atoms with Gasteiger partial charge in [-0.1, -0.05) is 12.1 Å². The average Bonchev–Trinajstić information content (AvgIpc) is 2.84. The van der Waals surface area contributed by atoms with Gasteiger partial charge in [0.25, 0.3) is 17.5 Å². The molecule has 134 valence electrons. The van der Waals surface area contributed by atoms with Gasteiger partial charge in [-0.25, -0.2) is 4.98 Å². The van der Waals surface area contributed by atoms with Crippen LogP contribution in [-0.4, -0.2) is 39.3 Å². The van der Waals surface area contributed by atoms with E-state index in [4.69, 9.17) is 4.74 Å². The topological polar surface area (TPSA) is 103 Å². The van der Waals surface area contributed by atoms with E-state index >= 15 is 0 Å². The summed E-state index contributed by atoms with van der Waals surface area (Å²) in [5.41, 5.74) is 1.21. The number of aryl methyl sites for hydroxylation is 1. The van der Waals surface area contributed by atoms with Crippen LogP contribution in [0.4, 0.5) is 5.69 Å². The van der Waals surface area contributed by atoms with Gasteiger partial charge in [0.1, 0.15) is 6.20 Å². The zero-order valence-electron chi connectivity index (χ0n) is 14.3. The molecule has 0 saturated heterocycles. The molecule has 1 atom stereocenters. The highest BCUT2D eigenvalue weighted by atomic mass is 16.6. The SMILES string of the molecule is Cc1cc(OC(C)CCN2C(=O)c3ccccc3C2=O)ncc1[N+](=O)[O-]. The Morgan fingerprint density at radius 3 is 2.38 bits per heavy atom. The van der Waals surface area contributed by atoms with E-state index in [0.29, 0.717) is 23.1 Å². The highest BCUT2D eigenvalue weighted by molar-refractivity contribution is 6.21. The minimum atomic E-state index is -0.502. The van der Waals surface area contributed by atoms with E-state index < -0.39 is 4.92 Å². The third-order valence-corrected chi connectivity index (χ3v) is 4.21. The number of aromatic nitrogens is 1. The van der Waals surface area contributed by atoms with Gasteiger partial charge in [-0.2, -0.15) is 0 Å². The van der Waals surface area contributed by atoms with Gasteiger partial charge in [0, 0.05) is 24.6 Å². The minimum absolute atomic E-state index is 0.0731. The van der Waals surface area contributed by atoms with Gasteiger partial charge in [-0.3, -0.25) is 24.6 Å². The monoisotopic (exact) mass is 355 g/mol. The number of carbonyl (C=O) groups excluding carboxylic acids is 2. The molecule has 8 heteroatoms. The maximum atomic E-state index is 12.3. The van der Waals surface area contributed by atoms with Gasteiger partial charge in [0.05, 0.1) is 22.2 Å². The lowest BCUT2D eigenvalue weighted by atomic mass is 10.1. The van der Waals surface area contributed by atoms with Gasteiger partial charge in [-0.05, 0) is 26.0 Å². The van der Waals surface area contributed by atoms with Crippen LogP contribution in [-0.2, 0) is 0 Å². The molecule has 0 saturated carbocycles. The van der Waals surface area contributed by atoms with Crippen molar-refractivity contribution in [1.82, 2.24) is 9.88 Å². The summed E-state index contributed by atoms with van der Waals surface area (Å²) in [4.78, 5) is 40.1. The molecule has 1 unspecified atom stereocenters. The number of amides is 2. The predicted molar refractivity (Wildman–Crippen MR) is 92.1 cm³/mol. The summed E-state index contributed by atoms with van der Waals surface area (Å²) in [5, 5.41) is 10.8. The lowest BCUT2D eigenvalue weighted by Crippen LogP contribution is -2.33. The van der Waals surface area contributed by atoms with Crippen molar-refractivity contribution < 1.29 is 19.2 Å². The second-order valence-corrected chi connectivity index (χ2v) is 6.09. The molecule has 0 fully saturated rings. The Morgan fingerprint density at radius 1 is 1.23 bits per heavy atom. The van der Waals surface area contributed by atoms with Crippen LogP contribution < -0.4 is 4.74 Å². The molecule has 2 amide bonds. The summed E-state index contributed by atoms with van der Waals surface area (Å²) in [6.07, 6.45) is 1.25. The van der Waals surface area contributed by atoms with Crippen molar-refractivity contribution in [1.29, 1.82) is 0 Å².